The van der Waals surface area contributed by atoms with Crippen LogP contribution in [0.4, 0.5) is 0 Å². The van der Waals surface area contributed by atoms with Gasteiger partial charge in [-0.3, -0.25) is 0 Å². The smallest absolute Gasteiger partial charge is 0.0707 e. The number of aryl methyl sites for hydroxylation is 2. The highest BCUT2D eigenvalue weighted by molar-refractivity contribution is 9.11. The van der Waals surface area contributed by atoms with Crippen LogP contribution in [-0.2, 0) is 12.8 Å². The van der Waals surface area contributed by atoms with Crippen molar-refractivity contribution in [2.45, 2.75) is 19.3 Å². The van der Waals surface area contributed by atoms with Gasteiger partial charge in [0.1, 0.15) is 0 Å². The molecule has 0 unspecified atom stereocenters. The van der Waals surface area contributed by atoms with E-state index < -0.39 is 0 Å². The van der Waals surface area contributed by atoms with Gasteiger partial charge in [-0.25, -0.2) is 0 Å². The molecule has 1 nitrogen and oxygen atoms in total. The summed E-state index contributed by atoms with van der Waals surface area (Å²) >= 11 is 5.54. The summed E-state index contributed by atoms with van der Waals surface area (Å²) in [7, 11) is 4.26. The average Bonchev–Trinajstić information content (AvgIpc) is 2.76. The van der Waals surface area contributed by atoms with Crippen LogP contribution in [0.3, 0.4) is 0 Å². The molecule has 21 heavy (non-hydrogen) atoms. The highest BCUT2D eigenvalue weighted by Gasteiger charge is 2.19. The Bertz CT molecular complexity index is 670. The average molecular weight is 362 g/mol. The zero-order chi connectivity index (χ0) is 14.8. The zero-order valence-corrected chi connectivity index (χ0v) is 14.9. The van der Waals surface area contributed by atoms with Gasteiger partial charge in [-0.15, -0.1) is 11.3 Å². The SMILES string of the molecule is CN(C)CC/C=C1\c2ccccc2CCc2sc(Br)cc21. The molecule has 0 saturated heterocycles. The van der Waals surface area contributed by atoms with E-state index in [4.69, 9.17) is 0 Å². The number of halogens is 1. The number of hydrogen-bond donors (Lipinski definition) is 0. The van der Waals surface area contributed by atoms with E-state index in [1.165, 1.54) is 30.9 Å². The van der Waals surface area contributed by atoms with Crippen molar-refractivity contribution in [2.24, 2.45) is 0 Å². The minimum Gasteiger partial charge on any atom is -0.309 e. The van der Waals surface area contributed by atoms with Gasteiger partial charge in [0, 0.05) is 11.4 Å². The van der Waals surface area contributed by atoms with Crippen molar-refractivity contribution in [3.05, 3.63) is 61.8 Å². The van der Waals surface area contributed by atoms with Crippen LogP contribution < -0.4 is 0 Å². The van der Waals surface area contributed by atoms with Gasteiger partial charge >= 0.3 is 0 Å². The van der Waals surface area contributed by atoms with Crippen molar-refractivity contribution >= 4 is 32.8 Å². The molecule has 0 bridgehead atoms. The predicted octanol–water partition coefficient (Wildman–Crippen LogP) is 4.99. The molecule has 2 aromatic rings. The van der Waals surface area contributed by atoms with E-state index in [-0.39, 0.29) is 0 Å². The summed E-state index contributed by atoms with van der Waals surface area (Å²) in [5.41, 5.74) is 5.74. The summed E-state index contributed by atoms with van der Waals surface area (Å²) in [5, 5.41) is 0. The van der Waals surface area contributed by atoms with Gasteiger partial charge < -0.3 is 4.90 Å². The van der Waals surface area contributed by atoms with Gasteiger partial charge in [-0.2, -0.15) is 0 Å². The van der Waals surface area contributed by atoms with Crippen LogP contribution in [0, 0.1) is 0 Å². The third-order valence-electron chi connectivity index (χ3n) is 3.92. The van der Waals surface area contributed by atoms with Gasteiger partial charge in [0.15, 0.2) is 0 Å². The molecule has 1 aliphatic rings. The van der Waals surface area contributed by atoms with Gasteiger partial charge in [0.25, 0.3) is 0 Å². The van der Waals surface area contributed by atoms with E-state index in [9.17, 15) is 0 Å². The maximum atomic E-state index is 3.66. The van der Waals surface area contributed by atoms with Gasteiger partial charge in [0.2, 0.25) is 0 Å². The maximum absolute atomic E-state index is 3.66. The molecule has 0 amide bonds. The van der Waals surface area contributed by atoms with Crippen LogP contribution in [0.25, 0.3) is 5.57 Å². The molecule has 3 rings (SSSR count). The van der Waals surface area contributed by atoms with Gasteiger partial charge in [0.05, 0.1) is 3.79 Å². The molecule has 0 saturated carbocycles. The predicted molar refractivity (Wildman–Crippen MR) is 96.1 cm³/mol. The van der Waals surface area contributed by atoms with Crippen molar-refractivity contribution in [3.63, 3.8) is 0 Å². The van der Waals surface area contributed by atoms with E-state index in [0.29, 0.717) is 0 Å². The highest BCUT2D eigenvalue weighted by atomic mass is 79.9. The number of rotatable bonds is 3. The van der Waals surface area contributed by atoms with Crippen LogP contribution in [0.1, 0.15) is 28.0 Å². The zero-order valence-electron chi connectivity index (χ0n) is 12.5. The lowest BCUT2D eigenvalue weighted by atomic mass is 9.95. The lowest BCUT2D eigenvalue weighted by Gasteiger charge is -2.11. The molecule has 3 heteroatoms. The first-order chi connectivity index (χ1) is 10.1. The Morgan fingerprint density at radius 1 is 1.19 bits per heavy atom. The molecule has 1 aromatic carbocycles. The van der Waals surface area contributed by atoms with Gasteiger partial charge in [-0.05, 0) is 77.6 Å². The summed E-state index contributed by atoms with van der Waals surface area (Å²) in [6.45, 7) is 1.09. The lowest BCUT2D eigenvalue weighted by molar-refractivity contribution is 0.417. The molecule has 0 aliphatic heterocycles. The molecule has 1 heterocycles. The maximum Gasteiger partial charge on any atom is 0.0707 e. The van der Waals surface area contributed by atoms with E-state index >= 15 is 0 Å². The minimum atomic E-state index is 1.09. The van der Waals surface area contributed by atoms with Crippen LogP contribution in [0.15, 0.2) is 40.2 Å². The first-order valence-electron chi connectivity index (χ1n) is 7.37. The first-order valence-corrected chi connectivity index (χ1v) is 8.98. The monoisotopic (exact) mass is 361 g/mol. The fraction of sp³-hybridized carbons (Fsp3) is 0.333. The first kappa shape index (κ1) is 15.0. The van der Waals surface area contributed by atoms with Crippen molar-refractivity contribution < 1.29 is 0 Å². The van der Waals surface area contributed by atoms with E-state index in [1.807, 2.05) is 11.3 Å². The topological polar surface area (TPSA) is 3.24 Å². The summed E-state index contributed by atoms with van der Waals surface area (Å²) in [6.07, 6.45) is 5.79. The number of hydrogen-bond acceptors (Lipinski definition) is 2. The number of fused-ring (bicyclic) bond motifs is 2. The molecule has 1 aromatic heterocycles. The number of benzene rings is 1. The van der Waals surface area contributed by atoms with E-state index in [0.717, 1.165) is 25.8 Å². The molecular formula is C18H20BrNS. The quantitative estimate of drug-likeness (QED) is 0.743. The molecule has 0 N–H and O–H groups in total. The normalized spacial score (nSPS) is 15.9. The third kappa shape index (κ3) is 3.31. The Labute approximate surface area is 139 Å². The van der Waals surface area contributed by atoms with Crippen LogP contribution in [-0.4, -0.2) is 25.5 Å². The molecule has 0 radical (unpaired) electrons. The second-order valence-corrected chi connectivity index (χ2v) is 8.27. The lowest BCUT2D eigenvalue weighted by Crippen LogP contribution is -2.12. The Balaban J connectivity index is 2.06. The van der Waals surface area contributed by atoms with Gasteiger partial charge in [-0.1, -0.05) is 30.3 Å². The van der Waals surface area contributed by atoms with E-state index in [1.54, 1.807) is 0 Å². The fourth-order valence-corrected chi connectivity index (χ4v) is 4.60. The molecule has 0 atom stereocenters. The molecule has 0 fully saturated rings. The second-order valence-electron chi connectivity index (χ2n) is 5.75. The molecule has 1 aliphatic carbocycles. The molecular weight excluding hydrogens is 342 g/mol. The Kier molecular flexibility index (Phi) is 4.63. The summed E-state index contributed by atoms with van der Waals surface area (Å²) < 4.78 is 1.24. The third-order valence-corrected chi connectivity index (χ3v) is 5.62. The summed E-state index contributed by atoms with van der Waals surface area (Å²) in [6, 6.07) is 11.2. The Morgan fingerprint density at radius 2 is 2.00 bits per heavy atom. The van der Waals surface area contributed by atoms with Crippen LogP contribution >= 0.6 is 27.3 Å². The molecule has 0 spiro atoms. The summed E-state index contributed by atoms with van der Waals surface area (Å²) in [5.74, 6) is 0. The highest BCUT2D eigenvalue weighted by Crippen LogP contribution is 2.39. The van der Waals surface area contributed by atoms with Crippen molar-refractivity contribution in [2.75, 3.05) is 20.6 Å². The van der Waals surface area contributed by atoms with Crippen molar-refractivity contribution in [3.8, 4) is 0 Å². The second kappa shape index (κ2) is 6.47. The number of thiophene rings is 1. The number of nitrogens with zero attached hydrogens (tertiary/aromatic N) is 1. The minimum absolute atomic E-state index is 1.09. The van der Waals surface area contributed by atoms with E-state index in [2.05, 4.69) is 71.3 Å². The Morgan fingerprint density at radius 3 is 2.81 bits per heavy atom. The Hall–Kier alpha value is -0.900. The standard InChI is InChI=1S/C18H20BrNS/c1-20(2)11-5-8-15-14-7-4-3-6-13(14)9-10-17-16(15)12-18(19)21-17/h3-4,6-8,12H,5,9-11H2,1-2H3/b15-8+. The fourth-order valence-electron chi connectivity index (χ4n) is 2.89. The van der Waals surface area contributed by atoms with Crippen molar-refractivity contribution in [1.82, 2.24) is 4.90 Å². The summed E-state index contributed by atoms with van der Waals surface area (Å²) in [4.78, 5) is 3.75. The van der Waals surface area contributed by atoms with Crippen LogP contribution in [0.2, 0.25) is 0 Å². The molecule has 110 valence electrons. The largest absolute Gasteiger partial charge is 0.309 e. The van der Waals surface area contributed by atoms with Crippen LogP contribution in [0.5, 0.6) is 0 Å². The van der Waals surface area contributed by atoms with Crippen molar-refractivity contribution in [1.29, 1.82) is 0 Å².